The minimum Gasteiger partial charge on any atom is -0.304 e. The van der Waals surface area contributed by atoms with Gasteiger partial charge in [-0.15, -0.1) is 11.3 Å². The summed E-state index contributed by atoms with van der Waals surface area (Å²) in [4.78, 5) is 4.46. The maximum atomic E-state index is 13.4. The summed E-state index contributed by atoms with van der Waals surface area (Å²) >= 11 is 1.50. The Morgan fingerprint density at radius 2 is 2.00 bits per heavy atom. The van der Waals surface area contributed by atoms with E-state index in [0.717, 1.165) is 47.1 Å². The molecule has 0 radical (unpaired) electrons. The molecule has 6 nitrogen and oxygen atoms in total. The van der Waals surface area contributed by atoms with Gasteiger partial charge in [-0.25, -0.2) is 8.42 Å². The van der Waals surface area contributed by atoms with Crippen molar-refractivity contribution in [2.75, 3.05) is 26.7 Å². The maximum absolute atomic E-state index is 13.4. The van der Waals surface area contributed by atoms with Gasteiger partial charge in [-0.3, -0.25) is 5.10 Å². The van der Waals surface area contributed by atoms with E-state index in [1.165, 1.54) is 11.3 Å². The summed E-state index contributed by atoms with van der Waals surface area (Å²) in [5.41, 5.74) is 1.78. The standard InChI is InChI=1S/C17H24N4O2S2/c1-11-6-15(19-18-11)16-7-17(12(2)24-16)25(22,23)21-9-13-4-5-14(21)10-20(3)8-13/h6-7,13-14H,4-5,8-10H2,1-3H3,(H,18,19)/t13-,14+/m0/s1. The lowest BCUT2D eigenvalue weighted by atomic mass is 9.97. The Kier molecular flexibility index (Phi) is 4.26. The van der Waals surface area contributed by atoms with Gasteiger partial charge in [0.05, 0.1) is 9.77 Å². The van der Waals surface area contributed by atoms with E-state index in [1.54, 1.807) is 10.4 Å². The highest BCUT2D eigenvalue weighted by Crippen LogP contribution is 2.37. The molecule has 2 aromatic rings. The average Bonchev–Trinajstić information content (AvgIpc) is 3.05. The van der Waals surface area contributed by atoms with Crippen LogP contribution in [-0.2, 0) is 10.0 Å². The molecule has 0 aliphatic carbocycles. The Hall–Kier alpha value is -1.22. The Balaban J connectivity index is 1.70. The Labute approximate surface area is 152 Å². The van der Waals surface area contributed by atoms with E-state index in [4.69, 9.17) is 0 Å². The van der Waals surface area contributed by atoms with E-state index >= 15 is 0 Å². The van der Waals surface area contributed by atoms with E-state index in [9.17, 15) is 8.42 Å². The molecule has 136 valence electrons. The van der Waals surface area contributed by atoms with Gasteiger partial charge in [0.25, 0.3) is 0 Å². The summed E-state index contributed by atoms with van der Waals surface area (Å²) < 4.78 is 28.5. The summed E-state index contributed by atoms with van der Waals surface area (Å²) in [5.74, 6) is 0.436. The van der Waals surface area contributed by atoms with Gasteiger partial charge in [0, 0.05) is 36.2 Å². The molecule has 0 spiro atoms. The number of aromatic amines is 1. The van der Waals surface area contributed by atoms with Gasteiger partial charge >= 0.3 is 0 Å². The van der Waals surface area contributed by atoms with Gasteiger partial charge in [-0.05, 0) is 51.8 Å². The average molecular weight is 381 g/mol. The molecule has 5 heterocycles. The Morgan fingerprint density at radius 1 is 1.20 bits per heavy atom. The molecular formula is C17H24N4O2S2. The molecule has 3 fully saturated rings. The highest BCUT2D eigenvalue weighted by Gasteiger charge is 2.41. The Bertz CT molecular complexity index is 886. The number of nitrogens with one attached hydrogen (secondary N) is 1. The molecule has 3 aliphatic heterocycles. The summed E-state index contributed by atoms with van der Waals surface area (Å²) in [6.45, 7) is 6.29. The molecule has 0 unspecified atom stereocenters. The van der Waals surface area contributed by atoms with Crippen molar-refractivity contribution in [3.05, 3.63) is 22.7 Å². The summed E-state index contributed by atoms with van der Waals surface area (Å²) in [5, 5.41) is 7.19. The second-order valence-electron chi connectivity index (χ2n) is 7.36. The van der Waals surface area contributed by atoms with Crippen LogP contribution in [0.25, 0.3) is 10.6 Å². The lowest BCUT2D eigenvalue weighted by molar-refractivity contribution is 0.229. The number of piperidine rings is 1. The first-order valence-corrected chi connectivity index (χ1v) is 10.9. The third kappa shape index (κ3) is 3.05. The molecule has 5 rings (SSSR count). The highest BCUT2D eigenvalue weighted by molar-refractivity contribution is 7.89. The molecule has 0 aromatic carbocycles. The number of rotatable bonds is 3. The third-order valence-corrected chi connectivity index (χ3v) is 8.51. The molecule has 2 bridgehead atoms. The number of hydrogen-bond donors (Lipinski definition) is 1. The summed E-state index contributed by atoms with van der Waals surface area (Å²) in [7, 11) is -1.38. The molecule has 2 atom stereocenters. The fraction of sp³-hybridized carbons (Fsp3) is 0.588. The van der Waals surface area contributed by atoms with Crippen LogP contribution in [0, 0.1) is 19.8 Å². The fourth-order valence-electron chi connectivity index (χ4n) is 4.09. The molecule has 3 saturated heterocycles. The number of hydrogen-bond acceptors (Lipinski definition) is 5. The number of H-pyrrole nitrogens is 1. The quantitative estimate of drug-likeness (QED) is 0.888. The predicted octanol–water partition coefficient (Wildman–Crippen LogP) is 2.47. The first kappa shape index (κ1) is 17.2. The van der Waals surface area contributed by atoms with E-state index in [2.05, 4.69) is 22.1 Å². The molecule has 2 aromatic heterocycles. The van der Waals surface area contributed by atoms with Gasteiger partial charge in [-0.2, -0.15) is 9.40 Å². The van der Waals surface area contributed by atoms with Crippen molar-refractivity contribution < 1.29 is 8.42 Å². The highest BCUT2D eigenvalue weighted by atomic mass is 32.2. The van der Waals surface area contributed by atoms with Crippen LogP contribution in [0.15, 0.2) is 17.0 Å². The van der Waals surface area contributed by atoms with Crippen molar-refractivity contribution in [1.82, 2.24) is 19.4 Å². The lowest BCUT2D eigenvalue weighted by Gasteiger charge is -2.35. The second kappa shape index (κ2) is 6.19. The van der Waals surface area contributed by atoms with E-state index in [-0.39, 0.29) is 6.04 Å². The molecule has 25 heavy (non-hydrogen) atoms. The number of thiophene rings is 1. The predicted molar refractivity (Wildman–Crippen MR) is 99.3 cm³/mol. The van der Waals surface area contributed by atoms with Crippen molar-refractivity contribution >= 4 is 21.4 Å². The van der Waals surface area contributed by atoms with Crippen molar-refractivity contribution in [1.29, 1.82) is 0 Å². The number of fused-ring (bicyclic) bond motifs is 4. The number of nitrogens with zero attached hydrogens (tertiary/aromatic N) is 3. The van der Waals surface area contributed by atoms with Crippen LogP contribution in [-0.4, -0.2) is 60.5 Å². The number of sulfonamides is 1. The summed E-state index contributed by atoms with van der Waals surface area (Å²) in [6, 6.07) is 3.83. The van der Waals surface area contributed by atoms with Gasteiger partial charge in [0.2, 0.25) is 10.0 Å². The normalized spacial score (nSPS) is 25.4. The molecular weight excluding hydrogens is 356 g/mol. The smallest absolute Gasteiger partial charge is 0.244 e. The fourth-order valence-corrected chi connectivity index (χ4v) is 7.33. The molecule has 3 aliphatic rings. The SMILES string of the molecule is Cc1cc(-c2cc(S(=O)(=O)N3C[C@H]4CC[C@@H]3CN(C)C4)c(C)s2)n[nH]1. The van der Waals surface area contributed by atoms with Crippen LogP contribution in [0.1, 0.15) is 23.4 Å². The van der Waals surface area contributed by atoms with Gasteiger partial charge < -0.3 is 4.90 Å². The zero-order valence-electron chi connectivity index (χ0n) is 14.8. The molecule has 8 heteroatoms. The first-order chi connectivity index (χ1) is 11.8. The zero-order valence-corrected chi connectivity index (χ0v) is 16.5. The van der Waals surface area contributed by atoms with Crippen molar-refractivity contribution in [3.8, 4) is 10.6 Å². The number of likely N-dealkylation sites (N-methyl/N-ethyl adjacent to an activating group) is 1. The van der Waals surface area contributed by atoms with Crippen LogP contribution in [0.4, 0.5) is 0 Å². The Morgan fingerprint density at radius 3 is 2.72 bits per heavy atom. The second-order valence-corrected chi connectivity index (χ2v) is 10.5. The maximum Gasteiger partial charge on any atom is 0.244 e. The summed E-state index contributed by atoms with van der Waals surface area (Å²) in [6.07, 6.45) is 2.09. The van der Waals surface area contributed by atoms with Gasteiger partial charge in [-0.1, -0.05) is 0 Å². The van der Waals surface area contributed by atoms with Crippen LogP contribution >= 0.6 is 11.3 Å². The van der Waals surface area contributed by atoms with Crippen molar-refractivity contribution in [2.45, 2.75) is 37.6 Å². The zero-order chi connectivity index (χ0) is 17.8. The minimum absolute atomic E-state index is 0.0872. The number of aryl methyl sites for hydroxylation is 2. The lowest BCUT2D eigenvalue weighted by Crippen LogP contribution is -2.47. The van der Waals surface area contributed by atoms with Crippen molar-refractivity contribution in [3.63, 3.8) is 0 Å². The largest absolute Gasteiger partial charge is 0.304 e. The van der Waals surface area contributed by atoms with E-state index < -0.39 is 10.0 Å². The number of aromatic nitrogens is 2. The molecule has 0 amide bonds. The molecule has 0 saturated carbocycles. The van der Waals surface area contributed by atoms with E-state index in [0.29, 0.717) is 17.4 Å². The third-order valence-electron chi connectivity index (χ3n) is 5.26. The van der Waals surface area contributed by atoms with Gasteiger partial charge in [0.1, 0.15) is 5.69 Å². The topological polar surface area (TPSA) is 69.3 Å². The van der Waals surface area contributed by atoms with Crippen molar-refractivity contribution in [2.24, 2.45) is 5.92 Å². The van der Waals surface area contributed by atoms with Crippen LogP contribution in [0.5, 0.6) is 0 Å². The minimum atomic E-state index is -3.47. The van der Waals surface area contributed by atoms with Crippen LogP contribution in [0.2, 0.25) is 0 Å². The first-order valence-electron chi connectivity index (χ1n) is 8.68. The molecule has 1 N–H and O–H groups in total. The van der Waals surface area contributed by atoms with E-state index in [1.807, 2.05) is 19.9 Å². The van der Waals surface area contributed by atoms with Crippen LogP contribution < -0.4 is 0 Å². The monoisotopic (exact) mass is 380 g/mol. The van der Waals surface area contributed by atoms with Gasteiger partial charge in [0.15, 0.2) is 0 Å². The van der Waals surface area contributed by atoms with Crippen LogP contribution in [0.3, 0.4) is 0 Å².